The van der Waals surface area contributed by atoms with Crippen molar-refractivity contribution in [2.45, 2.75) is 20.3 Å². The first-order valence-corrected chi connectivity index (χ1v) is 7.81. The number of hydrogen-bond acceptors (Lipinski definition) is 5. The molecule has 5 nitrogen and oxygen atoms in total. The van der Waals surface area contributed by atoms with Gasteiger partial charge in [0.15, 0.2) is 10.9 Å². The number of anilines is 1. The van der Waals surface area contributed by atoms with Crippen LogP contribution in [0.4, 0.5) is 5.13 Å². The number of benzene rings is 1. The average molecular weight is 339 g/mol. The van der Waals surface area contributed by atoms with E-state index in [9.17, 15) is 9.59 Å². The van der Waals surface area contributed by atoms with Crippen LogP contribution in [0.2, 0.25) is 5.02 Å². The van der Waals surface area contributed by atoms with Crippen LogP contribution in [-0.4, -0.2) is 23.3 Å². The normalized spacial score (nSPS) is 10.3. The first-order valence-electron chi connectivity index (χ1n) is 6.62. The quantitative estimate of drug-likeness (QED) is 0.815. The number of carbonyl (C=O) groups excluding carboxylic acids is 2. The van der Waals surface area contributed by atoms with Crippen LogP contribution in [0, 0.1) is 6.92 Å². The maximum atomic E-state index is 11.8. The minimum Gasteiger partial charge on any atom is -0.493 e. The van der Waals surface area contributed by atoms with E-state index < -0.39 is 0 Å². The Labute approximate surface area is 137 Å². The average Bonchev–Trinajstić information content (AvgIpc) is 2.82. The molecule has 1 amide bonds. The Morgan fingerprint density at radius 3 is 2.59 bits per heavy atom. The molecule has 116 valence electrons. The van der Waals surface area contributed by atoms with Gasteiger partial charge in [-0.25, -0.2) is 4.98 Å². The second-order valence-electron chi connectivity index (χ2n) is 4.59. The van der Waals surface area contributed by atoms with Gasteiger partial charge >= 0.3 is 0 Å². The van der Waals surface area contributed by atoms with Gasteiger partial charge in [-0.2, -0.15) is 0 Å². The standard InChI is InChI=1S/C15H15ClN2O3S/c1-9-14(10(2)19)22-15(17-9)18-13(20)7-8-21-12-5-3-11(16)4-6-12/h3-6H,7-8H2,1-2H3,(H,17,18,20). The minimum atomic E-state index is -0.210. The Bertz CT molecular complexity index is 683. The Morgan fingerprint density at radius 2 is 2.00 bits per heavy atom. The van der Waals surface area contributed by atoms with Crippen molar-refractivity contribution in [1.82, 2.24) is 4.98 Å². The number of thiazole rings is 1. The van der Waals surface area contributed by atoms with Crippen molar-refractivity contribution in [2.75, 3.05) is 11.9 Å². The summed E-state index contributed by atoms with van der Waals surface area (Å²) in [4.78, 5) is 27.9. The molecule has 0 aliphatic carbocycles. The predicted molar refractivity (Wildman–Crippen MR) is 87.0 cm³/mol. The Balaban J connectivity index is 1.81. The Kier molecular flexibility index (Phi) is 5.51. The van der Waals surface area contributed by atoms with E-state index in [1.807, 2.05) is 0 Å². The van der Waals surface area contributed by atoms with Gasteiger partial charge in [0.05, 0.1) is 23.6 Å². The number of rotatable bonds is 6. The topological polar surface area (TPSA) is 68.3 Å². The molecule has 0 aliphatic rings. The summed E-state index contributed by atoms with van der Waals surface area (Å²) in [6.45, 7) is 3.47. The van der Waals surface area contributed by atoms with Crippen molar-refractivity contribution in [3.05, 3.63) is 39.9 Å². The molecule has 7 heteroatoms. The van der Waals surface area contributed by atoms with Crippen LogP contribution in [-0.2, 0) is 4.79 Å². The highest BCUT2D eigenvalue weighted by Crippen LogP contribution is 2.23. The number of ether oxygens (including phenoxy) is 1. The van der Waals surface area contributed by atoms with Crippen LogP contribution >= 0.6 is 22.9 Å². The van der Waals surface area contributed by atoms with Crippen molar-refractivity contribution in [3.63, 3.8) is 0 Å². The fourth-order valence-electron chi connectivity index (χ4n) is 1.75. The molecular formula is C15H15ClN2O3S. The van der Waals surface area contributed by atoms with Crippen molar-refractivity contribution in [3.8, 4) is 5.75 Å². The number of halogens is 1. The molecule has 2 aromatic rings. The van der Waals surface area contributed by atoms with E-state index in [1.54, 1.807) is 31.2 Å². The minimum absolute atomic E-state index is 0.0541. The molecule has 2 rings (SSSR count). The first kappa shape index (κ1) is 16.5. The monoisotopic (exact) mass is 338 g/mol. The van der Waals surface area contributed by atoms with Crippen molar-refractivity contribution in [1.29, 1.82) is 0 Å². The molecule has 1 aromatic heterocycles. The Morgan fingerprint density at radius 1 is 1.32 bits per heavy atom. The number of ketones is 1. The third kappa shape index (κ3) is 4.54. The van der Waals surface area contributed by atoms with E-state index in [0.717, 1.165) is 0 Å². The van der Waals surface area contributed by atoms with Gasteiger partial charge < -0.3 is 10.1 Å². The molecule has 0 atom stereocenters. The summed E-state index contributed by atoms with van der Waals surface area (Å²) in [7, 11) is 0. The van der Waals surface area contributed by atoms with Gasteiger partial charge in [0.2, 0.25) is 5.91 Å². The fraction of sp³-hybridized carbons (Fsp3) is 0.267. The van der Waals surface area contributed by atoms with Crippen molar-refractivity contribution in [2.24, 2.45) is 0 Å². The predicted octanol–water partition coefficient (Wildman–Crippen LogP) is 3.72. The Hall–Kier alpha value is -1.92. The highest BCUT2D eigenvalue weighted by atomic mass is 35.5. The molecule has 1 heterocycles. The lowest BCUT2D eigenvalue weighted by Gasteiger charge is -2.05. The van der Waals surface area contributed by atoms with Gasteiger partial charge in [-0.3, -0.25) is 9.59 Å². The SMILES string of the molecule is CC(=O)c1sc(NC(=O)CCOc2ccc(Cl)cc2)nc1C. The lowest BCUT2D eigenvalue weighted by atomic mass is 10.3. The molecule has 0 saturated heterocycles. The summed E-state index contributed by atoms with van der Waals surface area (Å²) >= 11 is 6.95. The van der Waals surface area contributed by atoms with Crippen LogP contribution in [0.1, 0.15) is 28.7 Å². The van der Waals surface area contributed by atoms with E-state index in [1.165, 1.54) is 18.3 Å². The molecule has 0 saturated carbocycles. The van der Waals surface area contributed by atoms with Gasteiger partial charge in [-0.1, -0.05) is 22.9 Å². The third-order valence-corrected chi connectivity index (χ3v) is 4.20. The molecule has 0 unspecified atom stereocenters. The smallest absolute Gasteiger partial charge is 0.229 e. The molecule has 0 bridgehead atoms. The highest BCUT2D eigenvalue weighted by molar-refractivity contribution is 7.17. The van der Waals surface area contributed by atoms with E-state index in [4.69, 9.17) is 16.3 Å². The van der Waals surface area contributed by atoms with Crippen molar-refractivity contribution < 1.29 is 14.3 Å². The number of aromatic nitrogens is 1. The largest absolute Gasteiger partial charge is 0.493 e. The summed E-state index contributed by atoms with van der Waals surface area (Å²) in [6, 6.07) is 6.92. The molecule has 22 heavy (non-hydrogen) atoms. The molecule has 0 fully saturated rings. The summed E-state index contributed by atoms with van der Waals surface area (Å²) in [6.07, 6.45) is 0.191. The third-order valence-electron chi connectivity index (χ3n) is 2.77. The van der Waals surface area contributed by atoms with E-state index in [2.05, 4.69) is 10.3 Å². The van der Waals surface area contributed by atoms with Crippen molar-refractivity contribution >= 4 is 39.8 Å². The van der Waals surface area contributed by atoms with E-state index in [-0.39, 0.29) is 24.7 Å². The summed E-state index contributed by atoms with van der Waals surface area (Å²) in [5, 5.41) is 3.73. The molecule has 1 N–H and O–H groups in total. The van der Waals surface area contributed by atoms with Gasteiger partial charge in [-0.15, -0.1) is 0 Å². The summed E-state index contributed by atoms with van der Waals surface area (Å²) < 4.78 is 5.45. The lowest BCUT2D eigenvalue weighted by molar-refractivity contribution is -0.116. The zero-order valence-corrected chi connectivity index (χ0v) is 13.8. The zero-order valence-electron chi connectivity index (χ0n) is 12.2. The van der Waals surface area contributed by atoms with E-state index >= 15 is 0 Å². The highest BCUT2D eigenvalue weighted by Gasteiger charge is 2.13. The van der Waals surface area contributed by atoms with Crippen LogP contribution in [0.25, 0.3) is 0 Å². The second-order valence-corrected chi connectivity index (χ2v) is 6.03. The second kappa shape index (κ2) is 7.38. The fourth-order valence-corrected chi connectivity index (χ4v) is 2.75. The first-order chi connectivity index (χ1) is 10.5. The summed E-state index contributed by atoms with van der Waals surface area (Å²) in [5.41, 5.74) is 0.630. The molecule has 0 spiro atoms. The van der Waals surface area contributed by atoms with Gasteiger partial charge in [-0.05, 0) is 31.2 Å². The van der Waals surface area contributed by atoms with Crippen LogP contribution in [0.3, 0.4) is 0 Å². The van der Waals surface area contributed by atoms with Gasteiger partial charge in [0.1, 0.15) is 5.75 Å². The number of nitrogens with zero attached hydrogens (tertiary/aromatic N) is 1. The number of nitrogens with one attached hydrogen (secondary N) is 1. The van der Waals surface area contributed by atoms with Gasteiger partial charge in [0.25, 0.3) is 0 Å². The number of aryl methyl sites for hydroxylation is 1. The summed E-state index contributed by atoms with van der Waals surface area (Å²) in [5.74, 6) is 0.389. The molecule has 0 aliphatic heterocycles. The maximum Gasteiger partial charge on any atom is 0.229 e. The number of Topliss-reactive ketones (excluding diaryl/α,β-unsaturated/α-hetero) is 1. The van der Waals surface area contributed by atoms with E-state index in [0.29, 0.717) is 26.5 Å². The van der Waals surface area contributed by atoms with Crippen LogP contribution in [0.15, 0.2) is 24.3 Å². The zero-order chi connectivity index (χ0) is 16.1. The molecular weight excluding hydrogens is 324 g/mol. The van der Waals surface area contributed by atoms with Crippen LogP contribution < -0.4 is 10.1 Å². The lowest BCUT2D eigenvalue weighted by Crippen LogP contribution is -2.15. The number of carbonyl (C=O) groups is 2. The number of hydrogen-bond donors (Lipinski definition) is 1. The van der Waals surface area contributed by atoms with Gasteiger partial charge in [0, 0.05) is 11.9 Å². The molecule has 1 aromatic carbocycles. The maximum absolute atomic E-state index is 11.8. The van der Waals surface area contributed by atoms with Crippen LogP contribution in [0.5, 0.6) is 5.75 Å². The molecule has 0 radical (unpaired) electrons. The number of amides is 1.